The quantitative estimate of drug-likeness (QED) is 0.792. The number of ether oxygens (including phenoxy) is 2. The Kier molecular flexibility index (Phi) is 5.84. The predicted molar refractivity (Wildman–Crippen MR) is 93.1 cm³/mol. The highest BCUT2D eigenvalue weighted by Crippen LogP contribution is 2.38. The molecule has 0 unspecified atom stereocenters. The Morgan fingerprint density at radius 2 is 1.70 bits per heavy atom. The highest BCUT2D eigenvalue weighted by molar-refractivity contribution is 9.10. The summed E-state index contributed by atoms with van der Waals surface area (Å²) in [6.45, 7) is 2.90. The molecule has 0 spiro atoms. The molecular weight excluding hydrogens is 408 g/mol. The van der Waals surface area contributed by atoms with Crippen molar-refractivity contribution in [3.05, 3.63) is 16.6 Å². The van der Waals surface area contributed by atoms with Gasteiger partial charge in [-0.05, 0) is 46.9 Å². The van der Waals surface area contributed by atoms with Crippen LogP contribution in [0.3, 0.4) is 0 Å². The highest BCUT2D eigenvalue weighted by atomic mass is 79.9. The zero-order chi connectivity index (χ0) is 15.9. The van der Waals surface area contributed by atoms with E-state index in [4.69, 9.17) is 9.47 Å². The van der Waals surface area contributed by atoms with Crippen LogP contribution in [0.5, 0.6) is 11.5 Å². The predicted octanol–water partition coefficient (Wildman–Crippen LogP) is 1.73. The number of benzene rings is 1. The zero-order valence-corrected chi connectivity index (χ0v) is 16.1. The van der Waals surface area contributed by atoms with Gasteiger partial charge >= 0.3 is 0 Å². The van der Waals surface area contributed by atoms with Gasteiger partial charge in [-0.2, -0.15) is 4.31 Å². The number of sulfonamides is 1. The van der Waals surface area contributed by atoms with Crippen LogP contribution < -0.4 is 14.8 Å². The first-order chi connectivity index (χ1) is 10.5. The van der Waals surface area contributed by atoms with Gasteiger partial charge in [-0.3, -0.25) is 0 Å². The molecule has 2 fully saturated rings. The van der Waals surface area contributed by atoms with E-state index >= 15 is 0 Å². The molecular formula is C14H20BrClN2O4S. The molecule has 2 atom stereocenters. The van der Waals surface area contributed by atoms with Gasteiger partial charge in [-0.25, -0.2) is 8.42 Å². The molecule has 2 aliphatic heterocycles. The Balaban J connectivity index is 0.00000192. The summed E-state index contributed by atoms with van der Waals surface area (Å²) in [6.07, 6.45) is 0. The summed E-state index contributed by atoms with van der Waals surface area (Å²) in [5.41, 5.74) is 0. The van der Waals surface area contributed by atoms with E-state index in [0.717, 1.165) is 13.1 Å². The first kappa shape index (κ1) is 18.8. The molecule has 1 aromatic rings. The fourth-order valence-corrected chi connectivity index (χ4v) is 5.56. The van der Waals surface area contributed by atoms with E-state index in [1.807, 2.05) is 0 Å². The summed E-state index contributed by atoms with van der Waals surface area (Å²) < 4.78 is 38.5. The number of hydrogen-bond acceptors (Lipinski definition) is 5. The molecule has 0 saturated carbocycles. The topological polar surface area (TPSA) is 67.9 Å². The Labute approximate surface area is 151 Å². The highest BCUT2D eigenvalue weighted by Gasteiger charge is 2.42. The van der Waals surface area contributed by atoms with Crippen LogP contribution in [0.1, 0.15) is 0 Å². The van der Waals surface area contributed by atoms with Crippen LogP contribution in [0.2, 0.25) is 0 Å². The lowest BCUT2D eigenvalue weighted by Crippen LogP contribution is -2.32. The number of rotatable bonds is 4. The third kappa shape index (κ3) is 3.32. The van der Waals surface area contributed by atoms with Crippen molar-refractivity contribution < 1.29 is 17.9 Å². The van der Waals surface area contributed by atoms with Crippen molar-refractivity contribution in [1.29, 1.82) is 0 Å². The maximum Gasteiger partial charge on any atom is 0.246 e. The number of fused-ring (bicyclic) bond motifs is 1. The van der Waals surface area contributed by atoms with Crippen molar-refractivity contribution in [3.63, 3.8) is 0 Å². The van der Waals surface area contributed by atoms with E-state index in [1.165, 1.54) is 14.2 Å². The van der Waals surface area contributed by atoms with Crippen LogP contribution in [-0.2, 0) is 10.0 Å². The SMILES string of the molecule is COc1cc(OC)c(S(=O)(=O)N2C[C@H]3CNC[C@H]3C2)cc1Br.Cl. The van der Waals surface area contributed by atoms with E-state index < -0.39 is 10.0 Å². The molecule has 130 valence electrons. The smallest absolute Gasteiger partial charge is 0.246 e. The van der Waals surface area contributed by atoms with Crippen LogP contribution in [0.4, 0.5) is 0 Å². The molecule has 2 aliphatic rings. The third-order valence-electron chi connectivity index (χ3n) is 4.41. The van der Waals surface area contributed by atoms with Crippen LogP contribution in [0.25, 0.3) is 0 Å². The molecule has 6 nitrogen and oxygen atoms in total. The normalized spacial score (nSPS) is 24.1. The van der Waals surface area contributed by atoms with Crippen molar-refractivity contribution >= 4 is 38.4 Å². The first-order valence-corrected chi connectivity index (χ1v) is 9.33. The number of methoxy groups -OCH3 is 2. The average Bonchev–Trinajstić information content (AvgIpc) is 3.08. The summed E-state index contributed by atoms with van der Waals surface area (Å²) in [6, 6.07) is 3.15. The van der Waals surface area contributed by atoms with Crippen LogP contribution in [-0.4, -0.2) is 53.1 Å². The minimum atomic E-state index is -3.58. The zero-order valence-electron chi connectivity index (χ0n) is 12.9. The van der Waals surface area contributed by atoms with Crippen molar-refractivity contribution in [2.75, 3.05) is 40.4 Å². The second-order valence-electron chi connectivity index (χ2n) is 5.64. The van der Waals surface area contributed by atoms with Crippen molar-refractivity contribution in [2.24, 2.45) is 11.8 Å². The molecule has 2 saturated heterocycles. The minimum Gasteiger partial charge on any atom is -0.495 e. The lowest BCUT2D eigenvalue weighted by atomic mass is 10.0. The maximum absolute atomic E-state index is 13.0. The van der Waals surface area contributed by atoms with Gasteiger partial charge in [0.25, 0.3) is 0 Å². The number of nitrogens with zero attached hydrogens (tertiary/aromatic N) is 1. The van der Waals surface area contributed by atoms with Crippen molar-refractivity contribution in [2.45, 2.75) is 4.90 Å². The van der Waals surface area contributed by atoms with Gasteiger partial charge in [-0.15, -0.1) is 12.4 Å². The Hall–Kier alpha value is -0.540. The van der Waals surface area contributed by atoms with E-state index in [0.29, 0.717) is 40.9 Å². The van der Waals surface area contributed by atoms with E-state index in [-0.39, 0.29) is 17.3 Å². The first-order valence-electron chi connectivity index (χ1n) is 7.09. The van der Waals surface area contributed by atoms with Gasteiger partial charge < -0.3 is 14.8 Å². The molecule has 0 amide bonds. The molecule has 0 bridgehead atoms. The molecule has 1 aromatic carbocycles. The summed E-state index contributed by atoms with van der Waals surface area (Å²) in [5, 5.41) is 3.31. The molecule has 0 aromatic heterocycles. The summed E-state index contributed by atoms with van der Waals surface area (Å²) in [4.78, 5) is 0.176. The summed E-state index contributed by atoms with van der Waals surface area (Å²) in [5.74, 6) is 1.65. The third-order valence-corrected chi connectivity index (χ3v) is 6.88. The maximum atomic E-state index is 13.0. The van der Waals surface area contributed by atoms with E-state index in [1.54, 1.807) is 16.4 Å². The molecule has 2 heterocycles. The lowest BCUT2D eigenvalue weighted by molar-refractivity contribution is 0.381. The van der Waals surface area contributed by atoms with Crippen LogP contribution >= 0.6 is 28.3 Å². The standard InChI is InChI=1S/C14H19BrN2O4S.ClH/c1-20-12-4-13(21-2)14(3-11(12)15)22(18,19)17-7-9-5-16-6-10(9)8-17;/h3-4,9-10,16H,5-8H2,1-2H3;1H/t9-,10+;. The van der Waals surface area contributed by atoms with E-state index in [9.17, 15) is 8.42 Å². The Morgan fingerprint density at radius 3 is 2.22 bits per heavy atom. The lowest BCUT2D eigenvalue weighted by Gasteiger charge is -2.20. The van der Waals surface area contributed by atoms with E-state index in [2.05, 4.69) is 21.2 Å². The van der Waals surface area contributed by atoms with Gasteiger partial charge in [0.1, 0.15) is 16.4 Å². The number of hydrogen-bond donors (Lipinski definition) is 1. The molecule has 0 radical (unpaired) electrons. The molecule has 9 heteroatoms. The average molecular weight is 428 g/mol. The summed E-state index contributed by atoms with van der Waals surface area (Å²) in [7, 11) is -0.583. The van der Waals surface area contributed by atoms with Gasteiger partial charge in [0, 0.05) is 19.2 Å². The van der Waals surface area contributed by atoms with Crippen LogP contribution in [0, 0.1) is 11.8 Å². The summed E-state index contributed by atoms with van der Waals surface area (Å²) >= 11 is 3.35. The Bertz CT molecular complexity index is 674. The monoisotopic (exact) mass is 426 g/mol. The Morgan fingerprint density at radius 1 is 1.13 bits per heavy atom. The van der Waals surface area contributed by atoms with Gasteiger partial charge in [0.05, 0.1) is 18.7 Å². The number of nitrogens with one attached hydrogen (secondary N) is 1. The van der Waals surface area contributed by atoms with Gasteiger partial charge in [0.2, 0.25) is 10.0 Å². The van der Waals surface area contributed by atoms with Crippen LogP contribution in [0.15, 0.2) is 21.5 Å². The largest absolute Gasteiger partial charge is 0.495 e. The van der Waals surface area contributed by atoms with Gasteiger partial charge in [-0.1, -0.05) is 0 Å². The van der Waals surface area contributed by atoms with Gasteiger partial charge in [0.15, 0.2) is 0 Å². The van der Waals surface area contributed by atoms with Crippen molar-refractivity contribution in [1.82, 2.24) is 9.62 Å². The van der Waals surface area contributed by atoms with Crippen molar-refractivity contribution in [3.8, 4) is 11.5 Å². The fourth-order valence-electron chi connectivity index (χ4n) is 3.18. The molecule has 23 heavy (non-hydrogen) atoms. The molecule has 0 aliphatic carbocycles. The molecule has 1 N–H and O–H groups in total. The minimum absolute atomic E-state index is 0. The number of halogens is 2. The second-order valence-corrected chi connectivity index (χ2v) is 8.40. The fraction of sp³-hybridized carbons (Fsp3) is 0.571. The molecule has 3 rings (SSSR count). The second kappa shape index (κ2) is 7.14.